The summed E-state index contributed by atoms with van der Waals surface area (Å²) in [7, 11) is -3.32. The minimum atomic E-state index is -4.74. The van der Waals surface area contributed by atoms with Crippen LogP contribution in [-0.2, 0) is 25.0 Å². The first-order valence-corrected chi connectivity index (χ1v) is 18.1. The second kappa shape index (κ2) is 14.3. The smallest absolute Gasteiger partial charge is 0.270 e. The number of amides is 2. The van der Waals surface area contributed by atoms with Gasteiger partial charge in [-0.25, -0.2) is 27.1 Å². The molecule has 1 unspecified atom stereocenters. The average molecular weight is 706 g/mol. The molecule has 2 amide bonds. The number of halogens is 1. The molecule has 0 spiro atoms. The van der Waals surface area contributed by atoms with Crippen LogP contribution in [-0.4, -0.2) is 106 Å². The highest BCUT2D eigenvalue weighted by molar-refractivity contribution is 7.93. The molecule has 1 atom stereocenters. The van der Waals surface area contributed by atoms with Crippen LogP contribution in [0.5, 0.6) is 11.6 Å². The first-order valence-electron chi connectivity index (χ1n) is 16.7. The monoisotopic (exact) mass is 705 g/mol. The molecule has 3 aliphatic heterocycles. The zero-order chi connectivity index (χ0) is 35.6. The van der Waals surface area contributed by atoms with Gasteiger partial charge in [0.1, 0.15) is 17.6 Å². The lowest BCUT2D eigenvalue weighted by Crippen LogP contribution is -2.60. The number of nitrogens with zero attached hydrogens (tertiary/aromatic N) is 6. The van der Waals surface area contributed by atoms with Gasteiger partial charge in [-0.15, -0.1) is 0 Å². The van der Waals surface area contributed by atoms with E-state index in [1.807, 2.05) is 0 Å². The Hall–Kier alpha value is -4.62. The maximum Gasteiger partial charge on any atom is 0.270 e. The Morgan fingerprint density at radius 3 is 2.38 bits per heavy atom. The number of nitrogens with one attached hydrogen (secondary N) is 1. The second-order valence-electron chi connectivity index (χ2n) is 12.4. The van der Waals surface area contributed by atoms with Crippen LogP contribution >= 0.6 is 0 Å². The molecule has 3 aliphatic rings. The fourth-order valence-electron chi connectivity index (χ4n) is 7.13. The number of likely N-dealkylation sites (N-methyl/N-ethyl adjacent to an activating group) is 1. The number of anilines is 1. The number of hydrogen-bond donors (Lipinski definition) is 1. The topological polar surface area (TPSA) is 148 Å². The molecule has 15 heteroatoms. The summed E-state index contributed by atoms with van der Waals surface area (Å²) >= 11 is 0. The molecule has 1 N–H and O–H groups in total. The minimum Gasteiger partial charge on any atom is -0.497 e. The lowest BCUT2D eigenvalue weighted by atomic mass is 9.74. The molecule has 264 valence electrons. The summed E-state index contributed by atoms with van der Waals surface area (Å²) < 4.78 is 55.4. The van der Waals surface area contributed by atoms with Gasteiger partial charge in [-0.2, -0.15) is 5.26 Å². The van der Waals surface area contributed by atoms with Gasteiger partial charge in [0.15, 0.2) is 5.41 Å². The number of ether oxygens (including phenoxy) is 2. The van der Waals surface area contributed by atoms with E-state index in [9.17, 15) is 18.5 Å². The van der Waals surface area contributed by atoms with Gasteiger partial charge in [0, 0.05) is 68.7 Å². The van der Waals surface area contributed by atoms with Gasteiger partial charge in [0.05, 0.1) is 29.9 Å². The summed E-state index contributed by atoms with van der Waals surface area (Å²) in [5.74, 6) is -2.83. The van der Waals surface area contributed by atoms with Crippen LogP contribution in [0.4, 0.5) is 10.1 Å². The summed E-state index contributed by atoms with van der Waals surface area (Å²) in [6, 6.07) is 12.3. The van der Waals surface area contributed by atoms with Gasteiger partial charge < -0.3 is 14.4 Å². The summed E-state index contributed by atoms with van der Waals surface area (Å²) in [5, 5.41) is 11.6. The molecule has 1 aromatic heterocycles. The van der Waals surface area contributed by atoms with Gasteiger partial charge in [0.2, 0.25) is 5.88 Å². The Balaban J connectivity index is 1.43. The predicted molar refractivity (Wildman–Crippen MR) is 181 cm³/mol. The lowest BCUT2D eigenvalue weighted by Gasteiger charge is -2.43. The lowest BCUT2D eigenvalue weighted by molar-refractivity contribution is -0.137. The Bertz CT molecular complexity index is 1910. The number of fused-ring (bicyclic) bond motifs is 1. The third-order valence-electron chi connectivity index (χ3n) is 9.82. The van der Waals surface area contributed by atoms with E-state index in [2.05, 4.69) is 27.1 Å². The highest BCUT2D eigenvalue weighted by Crippen LogP contribution is 2.51. The number of benzene rings is 2. The molecule has 3 aromatic rings. The molecule has 0 aliphatic carbocycles. The molecular weight excluding hydrogens is 665 g/mol. The third kappa shape index (κ3) is 6.06. The summed E-state index contributed by atoms with van der Waals surface area (Å²) in [4.78, 5) is 38.8. The van der Waals surface area contributed by atoms with Crippen LogP contribution < -0.4 is 19.2 Å². The van der Waals surface area contributed by atoms with E-state index in [4.69, 9.17) is 9.47 Å². The molecule has 0 radical (unpaired) electrons. The quantitative estimate of drug-likeness (QED) is 0.311. The average Bonchev–Trinajstić information content (AvgIpc) is 3.39. The number of methoxy groups -OCH3 is 1. The molecular formula is C35H40FN7O6S. The van der Waals surface area contributed by atoms with Crippen LogP contribution in [0, 0.1) is 17.1 Å². The third-order valence-corrected chi connectivity index (χ3v) is 11.5. The Labute approximate surface area is 291 Å². The van der Waals surface area contributed by atoms with E-state index < -0.39 is 44.3 Å². The van der Waals surface area contributed by atoms with Gasteiger partial charge in [0.25, 0.3) is 21.8 Å². The van der Waals surface area contributed by atoms with Gasteiger partial charge in [-0.05, 0) is 62.7 Å². The SMILES string of the molecule is CCOc1ncccc1C1(C(=O)NN2CCC(N3CCN(CC)CC3)CC2)C(=O)N(S(=O)(=O)c2ccc(OC)cc2)c2cc(F)c(C#N)cc21. The molecule has 2 saturated heterocycles. The zero-order valence-corrected chi connectivity index (χ0v) is 29.1. The van der Waals surface area contributed by atoms with Crippen molar-refractivity contribution >= 4 is 27.5 Å². The van der Waals surface area contributed by atoms with Crippen LogP contribution in [0.3, 0.4) is 0 Å². The van der Waals surface area contributed by atoms with Crippen molar-refractivity contribution in [1.29, 1.82) is 5.26 Å². The number of rotatable bonds is 10. The number of pyridine rings is 1. The summed E-state index contributed by atoms with van der Waals surface area (Å²) in [5.41, 5.74) is -0.618. The van der Waals surface area contributed by atoms with E-state index >= 15 is 9.18 Å². The molecule has 6 rings (SSSR count). The Morgan fingerprint density at radius 2 is 1.76 bits per heavy atom. The molecule has 2 fully saturated rings. The standard InChI is InChI=1S/C35H40FN7O6S/c1-4-40-17-19-41(20-18-40)25-12-15-42(16-13-25)39-33(44)35(28-7-6-14-38-32(28)49-5-2)29-21-24(23-37)30(36)22-31(29)43(34(35)45)50(46,47)27-10-8-26(48-3)9-11-27/h6-11,14,21-22,25H,4-5,12-13,15-20H2,1-3H3,(H,39,44). The zero-order valence-electron chi connectivity index (χ0n) is 28.3. The molecule has 13 nitrogen and oxygen atoms in total. The highest BCUT2D eigenvalue weighted by atomic mass is 32.2. The predicted octanol–water partition coefficient (Wildman–Crippen LogP) is 2.65. The number of carbonyl (C=O) groups excluding carboxylic acids is 2. The maximum absolute atomic E-state index is 15.4. The number of hydrazine groups is 1. The van der Waals surface area contributed by atoms with Crippen LogP contribution in [0.1, 0.15) is 43.4 Å². The van der Waals surface area contributed by atoms with Gasteiger partial charge in [-0.1, -0.05) is 13.0 Å². The largest absolute Gasteiger partial charge is 0.497 e. The number of hydrogen-bond acceptors (Lipinski definition) is 11. The van der Waals surface area contributed by atoms with E-state index in [0.717, 1.165) is 57.7 Å². The first kappa shape index (κ1) is 35.2. The van der Waals surface area contributed by atoms with E-state index in [-0.39, 0.29) is 28.5 Å². The van der Waals surface area contributed by atoms with E-state index in [1.165, 1.54) is 49.7 Å². The van der Waals surface area contributed by atoms with E-state index in [0.29, 0.717) is 29.2 Å². The van der Waals surface area contributed by atoms with Crippen molar-refractivity contribution in [2.75, 3.05) is 63.8 Å². The minimum absolute atomic E-state index is 0.0443. The maximum atomic E-state index is 15.4. The summed E-state index contributed by atoms with van der Waals surface area (Å²) in [6.07, 6.45) is 2.95. The van der Waals surface area contributed by atoms with Crippen molar-refractivity contribution in [3.05, 3.63) is 77.2 Å². The van der Waals surface area contributed by atoms with Crippen LogP contribution in [0.2, 0.25) is 0 Å². The number of sulfonamides is 1. The number of nitriles is 1. The van der Waals surface area contributed by atoms with Crippen molar-refractivity contribution in [1.82, 2.24) is 25.2 Å². The van der Waals surface area contributed by atoms with Crippen LogP contribution in [0.15, 0.2) is 59.6 Å². The van der Waals surface area contributed by atoms with Crippen molar-refractivity contribution < 1.29 is 31.9 Å². The fourth-order valence-corrected chi connectivity index (χ4v) is 8.59. The van der Waals surface area contributed by atoms with Crippen molar-refractivity contribution in [2.45, 2.75) is 43.0 Å². The van der Waals surface area contributed by atoms with Crippen molar-refractivity contribution in [3.63, 3.8) is 0 Å². The molecule has 4 heterocycles. The number of piperazine rings is 1. The molecule has 2 aromatic carbocycles. The molecule has 0 saturated carbocycles. The molecule has 0 bridgehead atoms. The number of piperidine rings is 1. The molecule has 50 heavy (non-hydrogen) atoms. The van der Waals surface area contributed by atoms with Crippen LogP contribution in [0.25, 0.3) is 0 Å². The van der Waals surface area contributed by atoms with Gasteiger partial charge >= 0.3 is 0 Å². The first-order chi connectivity index (χ1) is 24.1. The normalized spacial score (nSPS) is 20.7. The van der Waals surface area contributed by atoms with Gasteiger partial charge in [-0.3, -0.25) is 19.9 Å². The van der Waals surface area contributed by atoms with Crippen molar-refractivity contribution in [3.8, 4) is 17.7 Å². The fraction of sp³-hybridized carbons (Fsp3) is 0.429. The second-order valence-corrected chi connectivity index (χ2v) is 14.2. The van der Waals surface area contributed by atoms with Crippen molar-refractivity contribution in [2.24, 2.45) is 0 Å². The Morgan fingerprint density at radius 1 is 1.06 bits per heavy atom. The number of carbonyl (C=O) groups is 2. The van der Waals surface area contributed by atoms with E-state index in [1.54, 1.807) is 18.0 Å². The Kier molecular flexibility index (Phi) is 10.1. The number of aromatic nitrogens is 1. The highest BCUT2D eigenvalue weighted by Gasteiger charge is 2.63. The summed E-state index contributed by atoms with van der Waals surface area (Å²) in [6.45, 7) is 9.90.